The lowest BCUT2D eigenvalue weighted by atomic mass is 9.92. The molecule has 1 atom stereocenters. The van der Waals surface area contributed by atoms with Gasteiger partial charge in [-0.15, -0.1) is 0 Å². The van der Waals surface area contributed by atoms with Crippen molar-refractivity contribution in [2.75, 3.05) is 19.6 Å². The summed E-state index contributed by atoms with van der Waals surface area (Å²) in [5, 5.41) is 11.1. The molecule has 6 nitrogen and oxygen atoms in total. The molecule has 0 aliphatic carbocycles. The number of benzene rings is 1. The van der Waals surface area contributed by atoms with Gasteiger partial charge in [0.1, 0.15) is 17.5 Å². The van der Waals surface area contributed by atoms with Crippen molar-refractivity contribution in [1.29, 1.82) is 0 Å². The van der Waals surface area contributed by atoms with Crippen molar-refractivity contribution in [3.8, 4) is 0 Å². The highest BCUT2D eigenvalue weighted by molar-refractivity contribution is 6.31. The Morgan fingerprint density at radius 2 is 2.06 bits per heavy atom. The van der Waals surface area contributed by atoms with Crippen LogP contribution in [0.4, 0.5) is 8.78 Å². The number of carbonyl (C=O) groups excluding carboxylic acids is 1. The number of pyridine rings is 1. The number of nitrogens with zero attached hydrogens (tertiary/aromatic N) is 4. The number of hydrogen-bond donors (Lipinski definition) is 1. The molecule has 1 unspecified atom stereocenters. The Labute approximate surface area is 190 Å². The topological polar surface area (TPSA) is 70.0 Å². The number of halogens is 3. The second kappa shape index (κ2) is 9.42. The molecule has 1 aromatic carbocycles. The maximum absolute atomic E-state index is 15.3. The average Bonchev–Trinajstić information content (AvgIpc) is 3.31. The number of azo groups is 1. The first kappa shape index (κ1) is 22.5. The summed E-state index contributed by atoms with van der Waals surface area (Å²) in [5.41, 5.74) is 1.59. The first-order chi connectivity index (χ1) is 15.3. The van der Waals surface area contributed by atoms with Crippen LogP contribution in [0.5, 0.6) is 0 Å². The fourth-order valence-electron chi connectivity index (χ4n) is 3.91. The van der Waals surface area contributed by atoms with Gasteiger partial charge in [0.05, 0.1) is 16.4 Å². The van der Waals surface area contributed by atoms with E-state index in [0.717, 1.165) is 17.0 Å². The van der Waals surface area contributed by atoms with Gasteiger partial charge in [0.2, 0.25) is 0 Å². The lowest BCUT2D eigenvalue weighted by Gasteiger charge is -2.36. The summed E-state index contributed by atoms with van der Waals surface area (Å²) in [5.74, 6) is -0.841. The molecule has 168 valence electrons. The highest BCUT2D eigenvalue weighted by Gasteiger charge is 2.36. The van der Waals surface area contributed by atoms with Gasteiger partial charge in [-0.05, 0) is 42.8 Å². The largest absolute Gasteiger partial charge is 0.338 e. The van der Waals surface area contributed by atoms with Crippen molar-refractivity contribution >= 4 is 17.5 Å². The zero-order valence-electron chi connectivity index (χ0n) is 17.7. The van der Waals surface area contributed by atoms with E-state index >= 15 is 4.39 Å². The average molecular weight is 460 g/mol. The molecule has 1 fully saturated rings. The predicted octanol–water partition coefficient (Wildman–Crippen LogP) is 4.94. The lowest BCUT2D eigenvalue weighted by Crippen LogP contribution is -2.48. The van der Waals surface area contributed by atoms with E-state index in [1.165, 1.54) is 18.2 Å². The number of hydrogen-bond acceptors (Lipinski definition) is 5. The molecule has 9 heteroatoms. The number of alkyl halides is 1. The van der Waals surface area contributed by atoms with E-state index < -0.39 is 11.5 Å². The van der Waals surface area contributed by atoms with E-state index in [9.17, 15) is 9.18 Å². The molecule has 2 aliphatic rings. The quantitative estimate of drug-likeness (QED) is 0.665. The lowest BCUT2D eigenvalue weighted by molar-refractivity contribution is 0.0434. The number of aryl methyl sites for hydroxylation is 1. The van der Waals surface area contributed by atoms with Crippen molar-refractivity contribution < 1.29 is 13.6 Å². The molecule has 1 N–H and O–H groups in total. The third kappa shape index (κ3) is 5.02. The summed E-state index contributed by atoms with van der Waals surface area (Å²) < 4.78 is 28.6. The summed E-state index contributed by atoms with van der Waals surface area (Å²) in [4.78, 5) is 18.9. The van der Waals surface area contributed by atoms with Gasteiger partial charge in [-0.2, -0.15) is 10.2 Å². The molecule has 0 spiro atoms. The SMILES string of the molecule is Cc1ccc(CNCC2(F)CCN(C(=O)c3ccc(F)c(Cl)c3)CC2)nc1C1C=CN=N1. The number of piperidine rings is 1. The zero-order chi connectivity index (χ0) is 22.7. The van der Waals surface area contributed by atoms with Crippen molar-refractivity contribution in [2.45, 2.75) is 38.0 Å². The number of amides is 1. The smallest absolute Gasteiger partial charge is 0.253 e. The molecule has 0 bridgehead atoms. The van der Waals surface area contributed by atoms with E-state index in [0.29, 0.717) is 12.1 Å². The molecule has 0 saturated carbocycles. The molecule has 1 saturated heterocycles. The summed E-state index contributed by atoms with van der Waals surface area (Å²) in [6.07, 6.45) is 3.99. The van der Waals surface area contributed by atoms with Gasteiger partial charge < -0.3 is 10.2 Å². The number of rotatable bonds is 6. The van der Waals surface area contributed by atoms with Gasteiger partial charge >= 0.3 is 0 Å². The molecule has 1 aromatic heterocycles. The molecular weight excluding hydrogens is 436 g/mol. The summed E-state index contributed by atoms with van der Waals surface area (Å²) in [7, 11) is 0. The van der Waals surface area contributed by atoms with E-state index in [1.807, 2.05) is 25.1 Å². The van der Waals surface area contributed by atoms with Crippen LogP contribution in [0.3, 0.4) is 0 Å². The summed E-state index contributed by atoms with van der Waals surface area (Å²) in [6, 6.07) is 7.61. The van der Waals surface area contributed by atoms with Crippen LogP contribution in [0.2, 0.25) is 5.02 Å². The van der Waals surface area contributed by atoms with Crippen molar-refractivity contribution in [1.82, 2.24) is 15.2 Å². The fraction of sp³-hybridized carbons (Fsp3) is 0.391. The van der Waals surface area contributed by atoms with Crippen LogP contribution in [0.1, 0.15) is 46.2 Å². The number of nitrogens with one attached hydrogen (secondary N) is 1. The monoisotopic (exact) mass is 459 g/mol. The Morgan fingerprint density at radius 1 is 1.28 bits per heavy atom. The van der Waals surface area contributed by atoms with Crippen molar-refractivity contribution in [3.63, 3.8) is 0 Å². The molecule has 2 aromatic rings. The van der Waals surface area contributed by atoms with Crippen LogP contribution in [-0.2, 0) is 6.54 Å². The second-order valence-corrected chi connectivity index (χ2v) is 8.60. The van der Waals surface area contributed by atoms with Gasteiger partial charge in [0, 0.05) is 50.8 Å². The van der Waals surface area contributed by atoms with Crippen molar-refractivity contribution in [3.05, 3.63) is 76.0 Å². The summed E-state index contributed by atoms with van der Waals surface area (Å²) in [6.45, 7) is 3.16. The molecule has 4 rings (SSSR count). The molecule has 1 amide bonds. The van der Waals surface area contributed by atoms with E-state index in [-0.39, 0.29) is 49.4 Å². The molecule has 32 heavy (non-hydrogen) atoms. The Kier molecular flexibility index (Phi) is 6.62. The van der Waals surface area contributed by atoms with Crippen LogP contribution in [0, 0.1) is 12.7 Å². The van der Waals surface area contributed by atoms with Crippen LogP contribution in [0.25, 0.3) is 0 Å². The third-order valence-electron chi connectivity index (χ3n) is 5.86. The minimum atomic E-state index is -1.41. The van der Waals surface area contributed by atoms with Gasteiger partial charge in [-0.3, -0.25) is 9.78 Å². The van der Waals surface area contributed by atoms with Gasteiger partial charge in [0.15, 0.2) is 0 Å². The van der Waals surface area contributed by atoms with Gasteiger partial charge in [-0.1, -0.05) is 17.7 Å². The van der Waals surface area contributed by atoms with Crippen LogP contribution in [0.15, 0.2) is 52.8 Å². The fourth-order valence-corrected chi connectivity index (χ4v) is 4.09. The van der Waals surface area contributed by atoms with Gasteiger partial charge in [0.25, 0.3) is 5.91 Å². The minimum absolute atomic E-state index is 0.100. The molecule has 2 aliphatic heterocycles. The molecule has 3 heterocycles. The van der Waals surface area contributed by atoms with E-state index in [4.69, 9.17) is 11.6 Å². The number of aromatic nitrogens is 1. The number of carbonyl (C=O) groups is 1. The van der Waals surface area contributed by atoms with Crippen LogP contribution in [-0.4, -0.2) is 41.1 Å². The second-order valence-electron chi connectivity index (χ2n) is 8.20. The van der Waals surface area contributed by atoms with Crippen molar-refractivity contribution in [2.24, 2.45) is 10.2 Å². The predicted molar refractivity (Wildman–Crippen MR) is 118 cm³/mol. The highest BCUT2D eigenvalue weighted by Crippen LogP contribution is 2.28. The first-order valence-electron chi connectivity index (χ1n) is 10.5. The van der Waals surface area contributed by atoms with E-state index in [2.05, 4.69) is 20.5 Å². The van der Waals surface area contributed by atoms with Gasteiger partial charge in [-0.25, -0.2) is 8.78 Å². The molecular formula is C23H24ClF2N5O. The number of likely N-dealkylation sites (tertiary alicyclic amines) is 1. The Hall–Kier alpha value is -2.71. The molecule has 0 radical (unpaired) electrons. The normalized spacial score (nSPS) is 19.5. The Morgan fingerprint density at radius 3 is 2.75 bits per heavy atom. The Bertz CT molecular complexity index is 1050. The Balaban J connectivity index is 1.29. The minimum Gasteiger partial charge on any atom is -0.338 e. The van der Waals surface area contributed by atoms with Crippen LogP contribution < -0.4 is 5.32 Å². The summed E-state index contributed by atoms with van der Waals surface area (Å²) >= 11 is 5.77. The zero-order valence-corrected chi connectivity index (χ0v) is 18.4. The van der Waals surface area contributed by atoms with E-state index in [1.54, 1.807) is 11.1 Å². The highest BCUT2D eigenvalue weighted by atomic mass is 35.5. The van der Waals surface area contributed by atoms with Crippen LogP contribution >= 0.6 is 11.6 Å². The first-order valence-corrected chi connectivity index (χ1v) is 10.9. The maximum atomic E-state index is 15.3. The third-order valence-corrected chi connectivity index (χ3v) is 6.15. The maximum Gasteiger partial charge on any atom is 0.253 e. The standard InChI is InChI=1S/C23H24ClF2N5O/c1-15-2-4-17(29-21(15)20-6-9-28-30-20)13-27-14-23(26)7-10-31(11-8-23)22(32)16-3-5-19(25)18(24)12-16/h2-6,9,12,20,27H,7-8,10-11,13-14H2,1H3.